The molecule has 1 aromatic rings. The van der Waals surface area contributed by atoms with Crippen molar-refractivity contribution in [2.45, 2.75) is 19.5 Å². The third kappa shape index (κ3) is 5.07. The summed E-state index contributed by atoms with van der Waals surface area (Å²) in [7, 11) is 7.32. The van der Waals surface area contributed by atoms with Gasteiger partial charge in [-0.15, -0.1) is 0 Å². The van der Waals surface area contributed by atoms with E-state index >= 15 is 0 Å². The second-order valence-electron chi connectivity index (χ2n) is 5.22. The zero-order valence-electron chi connectivity index (χ0n) is 13.3. The fraction of sp³-hybridized carbons (Fsp3) is 0.467. The van der Waals surface area contributed by atoms with Gasteiger partial charge in [-0.3, -0.25) is 15.0 Å². The average molecular weight is 292 g/mol. The predicted octanol–water partition coefficient (Wildman–Crippen LogP) is 1.03. The van der Waals surface area contributed by atoms with Crippen LogP contribution in [0.1, 0.15) is 12.5 Å². The van der Waals surface area contributed by atoms with Crippen molar-refractivity contribution in [3.8, 4) is 0 Å². The third-order valence-corrected chi connectivity index (χ3v) is 3.39. The molecule has 0 unspecified atom stereocenters. The molecule has 1 aromatic carbocycles. The number of carbonyl (C=O) groups is 2. The molecular weight excluding hydrogens is 268 g/mol. The molecule has 0 heterocycles. The van der Waals surface area contributed by atoms with E-state index in [1.54, 1.807) is 6.92 Å². The van der Waals surface area contributed by atoms with Crippen molar-refractivity contribution in [1.29, 1.82) is 0 Å². The lowest BCUT2D eigenvalue weighted by atomic mass is 10.1. The Balaban J connectivity index is 2.61. The summed E-state index contributed by atoms with van der Waals surface area (Å²) in [5.41, 5.74) is 2.24. The Morgan fingerprint density at radius 1 is 1.14 bits per heavy atom. The van der Waals surface area contributed by atoms with Crippen LogP contribution in [-0.2, 0) is 11.3 Å². The van der Waals surface area contributed by atoms with Gasteiger partial charge in [0.05, 0.1) is 6.04 Å². The van der Waals surface area contributed by atoms with Crippen LogP contribution >= 0.6 is 0 Å². The number of hydrogen-bond donors (Lipinski definition) is 2. The molecule has 6 heteroatoms. The van der Waals surface area contributed by atoms with Crippen molar-refractivity contribution < 1.29 is 9.59 Å². The summed E-state index contributed by atoms with van der Waals surface area (Å²) in [4.78, 5) is 26.9. The monoisotopic (exact) mass is 292 g/mol. The predicted molar refractivity (Wildman–Crippen MR) is 84.3 cm³/mol. The van der Waals surface area contributed by atoms with Crippen molar-refractivity contribution in [2.24, 2.45) is 0 Å². The number of nitrogens with one attached hydrogen (secondary N) is 2. The highest BCUT2D eigenvalue weighted by Crippen LogP contribution is 2.14. The number of amides is 3. The van der Waals surface area contributed by atoms with Crippen LogP contribution in [0.25, 0.3) is 0 Å². The van der Waals surface area contributed by atoms with Crippen LogP contribution in [0.2, 0.25) is 0 Å². The highest BCUT2D eigenvalue weighted by atomic mass is 16.2. The molecule has 116 valence electrons. The molecule has 0 aliphatic heterocycles. The molecule has 0 bridgehead atoms. The fourth-order valence-corrected chi connectivity index (χ4v) is 1.80. The van der Waals surface area contributed by atoms with Crippen molar-refractivity contribution in [3.63, 3.8) is 0 Å². The molecule has 6 nitrogen and oxygen atoms in total. The standard InChI is InChI=1S/C15H24N4O2/c1-11(14(20)17-15(21)16-2)19(5)10-12-6-8-13(9-7-12)18(3)4/h6-9,11H,10H2,1-5H3,(H2,16,17,20,21)/t11-/m0/s1. The molecule has 0 spiro atoms. The first-order valence-electron chi connectivity index (χ1n) is 6.84. The SMILES string of the molecule is CNC(=O)NC(=O)[C@H](C)N(C)Cc1ccc(N(C)C)cc1. The van der Waals surface area contributed by atoms with Gasteiger partial charge in [-0.25, -0.2) is 4.79 Å². The number of benzene rings is 1. The van der Waals surface area contributed by atoms with Gasteiger partial charge in [0, 0.05) is 33.4 Å². The van der Waals surface area contributed by atoms with E-state index in [4.69, 9.17) is 0 Å². The smallest absolute Gasteiger partial charge is 0.321 e. The van der Waals surface area contributed by atoms with Crippen LogP contribution in [0.5, 0.6) is 0 Å². The number of nitrogens with zero attached hydrogens (tertiary/aromatic N) is 2. The van der Waals surface area contributed by atoms with Crippen LogP contribution in [0.4, 0.5) is 10.5 Å². The highest BCUT2D eigenvalue weighted by molar-refractivity contribution is 5.96. The number of urea groups is 1. The topological polar surface area (TPSA) is 64.7 Å². The zero-order valence-corrected chi connectivity index (χ0v) is 13.3. The Bertz CT molecular complexity index is 485. The van der Waals surface area contributed by atoms with Crippen LogP contribution in [0.3, 0.4) is 0 Å². The molecule has 0 aliphatic carbocycles. The molecular formula is C15H24N4O2. The van der Waals surface area contributed by atoms with E-state index in [1.807, 2.05) is 55.2 Å². The fourth-order valence-electron chi connectivity index (χ4n) is 1.80. The summed E-state index contributed by atoms with van der Waals surface area (Å²) in [6.45, 7) is 2.41. The molecule has 0 fully saturated rings. The number of rotatable bonds is 5. The van der Waals surface area contributed by atoms with Gasteiger partial charge in [-0.1, -0.05) is 12.1 Å². The Hall–Kier alpha value is -2.08. The quantitative estimate of drug-likeness (QED) is 0.851. The van der Waals surface area contributed by atoms with Gasteiger partial charge in [0.15, 0.2) is 0 Å². The molecule has 0 aromatic heterocycles. The summed E-state index contributed by atoms with van der Waals surface area (Å²) in [6, 6.07) is 7.27. The van der Waals surface area contributed by atoms with Crippen molar-refractivity contribution in [1.82, 2.24) is 15.5 Å². The largest absolute Gasteiger partial charge is 0.378 e. The Kier molecular flexibility index (Phi) is 6.17. The minimum Gasteiger partial charge on any atom is -0.378 e. The van der Waals surface area contributed by atoms with E-state index in [-0.39, 0.29) is 5.91 Å². The molecule has 1 rings (SSSR count). The van der Waals surface area contributed by atoms with Crippen molar-refractivity contribution in [2.75, 3.05) is 33.1 Å². The number of anilines is 1. The van der Waals surface area contributed by atoms with Gasteiger partial charge in [0.2, 0.25) is 5.91 Å². The third-order valence-electron chi connectivity index (χ3n) is 3.39. The minimum absolute atomic E-state index is 0.318. The molecule has 0 saturated heterocycles. The van der Waals surface area contributed by atoms with E-state index < -0.39 is 12.1 Å². The van der Waals surface area contributed by atoms with Gasteiger partial charge in [0.25, 0.3) is 0 Å². The summed E-state index contributed by atoms with van der Waals surface area (Å²) in [5.74, 6) is -0.318. The summed E-state index contributed by atoms with van der Waals surface area (Å²) in [5, 5.41) is 4.64. The summed E-state index contributed by atoms with van der Waals surface area (Å²) in [6.07, 6.45) is 0. The van der Waals surface area contributed by atoms with Gasteiger partial charge in [0.1, 0.15) is 0 Å². The van der Waals surface area contributed by atoms with Crippen LogP contribution in [-0.4, -0.2) is 51.1 Å². The van der Waals surface area contributed by atoms with Gasteiger partial charge in [-0.2, -0.15) is 0 Å². The normalized spacial score (nSPS) is 11.9. The average Bonchev–Trinajstić information content (AvgIpc) is 2.46. The van der Waals surface area contributed by atoms with E-state index in [9.17, 15) is 9.59 Å². The zero-order chi connectivity index (χ0) is 16.0. The molecule has 0 aliphatic rings. The number of imide groups is 1. The van der Waals surface area contributed by atoms with E-state index in [1.165, 1.54) is 7.05 Å². The summed E-state index contributed by atoms with van der Waals surface area (Å²) >= 11 is 0. The van der Waals surface area contributed by atoms with Gasteiger partial charge < -0.3 is 10.2 Å². The van der Waals surface area contributed by atoms with Gasteiger partial charge in [-0.05, 0) is 31.7 Å². The van der Waals surface area contributed by atoms with Crippen LogP contribution in [0, 0.1) is 0 Å². The molecule has 0 radical (unpaired) electrons. The lowest BCUT2D eigenvalue weighted by Crippen LogP contribution is -2.47. The number of hydrogen-bond acceptors (Lipinski definition) is 4. The maximum absolute atomic E-state index is 11.9. The lowest BCUT2D eigenvalue weighted by Gasteiger charge is -2.23. The second kappa shape index (κ2) is 7.64. The maximum Gasteiger partial charge on any atom is 0.321 e. The van der Waals surface area contributed by atoms with Crippen LogP contribution < -0.4 is 15.5 Å². The first kappa shape index (κ1) is 17.0. The van der Waals surface area contributed by atoms with Crippen LogP contribution in [0.15, 0.2) is 24.3 Å². The lowest BCUT2D eigenvalue weighted by molar-refractivity contribution is -0.124. The maximum atomic E-state index is 11.9. The Labute approximate surface area is 126 Å². The highest BCUT2D eigenvalue weighted by Gasteiger charge is 2.19. The summed E-state index contributed by atoms with van der Waals surface area (Å²) < 4.78 is 0. The Morgan fingerprint density at radius 3 is 2.19 bits per heavy atom. The van der Waals surface area contributed by atoms with E-state index in [2.05, 4.69) is 10.6 Å². The first-order chi connectivity index (χ1) is 9.85. The molecule has 1 atom stereocenters. The molecule has 3 amide bonds. The number of carbonyl (C=O) groups excluding carboxylic acids is 2. The molecule has 0 saturated carbocycles. The van der Waals surface area contributed by atoms with Crippen molar-refractivity contribution >= 4 is 17.6 Å². The second-order valence-corrected chi connectivity index (χ2v) is 5.22. The Morgan fingerprint density at radius 2 is 1.71 bits per heavy atom. The van der Waals surface area contributed by atoms with E-state index in [0.717, 1.165) is 11.3 Å². The first-order valence-corrected chi connectivity index (χ1v) is 6.84. The van der Waals surface area contributed by atoms with Crippen molar-refractivity contribution in [3.05, 3.63) is 29.8 Å². The molecule has 2 N–H and O–H groups in total. The van der Waals surface area contributed by atoms with E-state index in [0.29, 0.717) is 6.54 Å². The number of likely N-dealkylation sites (N-methyl/N-ethyl adjacent to an activating group) is 1. The minimum atomic E-state index is -0.490. The van der Waals surface area contributed by atoms with Gasteiger partial charge >= 0.3 is 6.03 Å². The molecule has 21 heavy (non-hydrogen) atoms.